The molecule has 1 aromatic carbocycles. The zero-order valence-corrected chi connectivity index (χ0v) is 6.04. The molecule has 12 heavy (non-hydrogen) atoms. The minimum absolute atomic E-state index is 0.0413. The maximum atomic E-state index is 12.9. The second-order valence-corrected chi connectivity index (χ2v) is 2.31. The van der Waals surface area contributed by atoms with Gasteiger partial charge in [-0.25, -0.2) is 4.39 Å². The number of halogens is 1. The Balaban J connectivity index is 2.65. The van der Waals surface area contributed by atoms with E-state index in [0.29, 0.717) is 12.0 Å². The molecule has 4 heteroatoms. The molecule has 0 unspecified atom stereocenters. The van der Waals surface area contributed by atoms with Crippen LogP contribution in [0.2, 0.25) is 0 Å². The standard InChI is InChI=1S/C8H5FO3/c9-6-1-2-7-8(5(6)3-10)12-4-11-7/h1-3H,4H2. The quantitative estimate of drug-likeness (QED) is 0.594. The number of aldehydes is 1. The third-order valence-electron chi connectivity index (χ3n) is 1.64. The number of fused-ring (bicyclic) bond motifs is 1. The summed E-state index contributed by atoms with van der Waals surface area (Å²) in [6.45, 7) is 0.0413. The summed E-state index contributed by atoms with van der Waals surface area (Å²) in [5.41, 5.74) is -0.0787. The highest BCUT2D eigenvalue weighted by atomic mass is 19.1. The van der Waals surface area contributed by atoms with Crippen LogP contribution in [-0.4, -0.2) is 13.1 Å². The summed E-state index contributed by atoms with van der Waals surface area (Å²) in [6.07, 6.45) is 0.419. The molecule has 1 aliphatic rings. The number of carbonyl (C=O) groups is 1. The van der Waals surface area contributed by atoms with E-state index in [9.17, 15) is 9.18 Å². The van der Waals surface area contributed by atoms with E-state index >= 15 is 0 Å². The number of hydrogen-bond donors (Lipinski definition) is 0. The molecular formula is C8H5FO3. The predicted octanol–water partition coefficient (Wildman–Crippen LogP) is 1.37. The molecule has 3 nitrogen and oxygen atoms in total. The van der Waals surface area contributed by atoms with Crippen LogP contribution in [0.15, 0.2) is 12.1 Å². The molecule has 1 heterocycles. The van der Waals surface area contributed by atoms with Gasteiger partial charge in [0.1, 0.15) is 5.82 Å². The van der Waals surface area contributed by atoms with E-state index in [4.69, 9.17) is 9.47 Å². The van der Waals surface area contributed by atoms with Crippen molar-refractivity contribution < 1.29 is 18.7 Å². The molecule has 0 aromatic heterocycles. The summed E-state index contributed by atoms with van der Waals surface area (Å²) < 4.78 is 22.7. The molecule has 1 aliphatic heterocycles. The van der Waals surface area contributed by atoms with Crippen molar-refractivity contribution in [2.75, 3.05) is 6.79 Å². The average molecular weight is 168 g/mol. The van der Waals surface area contributed by atoms with Gasteiger partial charge in [0.25, 0.3) is 0 Å². The van der Waals surface area contributed by atoms with Crippen molar-refractivity contribution in [2.24, 2.45) is 0 Å². The van der Waals surface area contributed by atoms with E-state index in [1.165, 1.54) is 12.1 Å². The smallest absolute Gasteiger partial charge is 0.231 e. The first-order chi connectivity index (χ1) is 5.83. The lowest BCUT2D eigenvalue weighted by Crippen LogP contribution is -1.95. The van der Waals surface area contributed by atoms with Gasteiger partial charge in [0.2, 0.25) is 6.79 Å². The van der Waals surface area contributed by atoms with Crippen LogP contribution in [0.3, 0.4) is 0 Å². The van der Waals surface area contributed by atoms with Crippen molar-refractivity contribution in [1.29, 1.82) is 0 Å². The number of benzene rings is 1. The lowest BCUT2D eigenvalue weighted by Gasteiger charge is -1.98. The number of rotatable bonds is 1. The lowest BCUT2D eigenvalue weighted by molar-refractivity contribution is 0.111. The molecule has 62 valence electrons. The zero-order chi connectivity index (χ0) is 8.55. The monoisotopic (exact) mass is 168 g/mol. The SMILES string of the molecule is O=Cc1c(F)ccc2c1OCO2. The van der Waals surface area contributed by atoms with Gasteiger partial charge >= 0.3 is 0 Å². The molecule has 0 fully saturated rings. The van der Waals surface area contributed by atoms with Gasteiger partial charge in [0.15, 0.2) is 17.8 Å². The van der Waals surface area contributed by atoms with Crippen LogP contribution in [0.25, 0.3) is 0 Å². The topological polar surface area (TPSA) is 35.5 Å². The Morgan fingerprint density at radius 3 is 3.00 bits per heavy atom. The minimum Gasteiger partial charge on any atom is -0.454 e. The Hall–Kier alpha value is -1.58. The second kappa shape index (κ2) is 2.48. The molecule has 0 bridgehead atoms. The highest BCUT2D eigenvalue weighted by Crippen LogP contribution is 2.35. The maximum absolute atomic E-state index is 12.9. The molecule has 0 saturated carbocycles. The fourth-order valence-electron chi connectivity index (χ4n) is 1.08. The second-order valence-electron chi connectivity index (χ2n) is 2.31. The van der Waals surface area contributed by atoms with Crippen LogP contribution < -0.4 is 9.47 Å². The van der Waals surface area contributed by atoms with Gasteiger partial charge in [-0.1, -0.05) is 0 Å². The minimum atomic E-state index is -0.589. The first-order valence-corrected chi connectivity index (χ1v) is 3.36. The number of hydrogen-bond acceptors (Lipinski definition) is 3. The first-order valence-electron chi connectivity index (χ1n) is 3.36. The number of ether oxygens (including phenoxy) is 2. The van der Waals surface area contributed by atoms with Crippen LogP contribution in [0.1, 0.15) is 10.4 Å². The molecular weight excluding hydrogens is 163 g/mol. The fourth-order valence-corrected chi connectivity index (χ4v) is 1.08. The van der Waals surface area contributed by atoms with E-state index in [2.05, 4.69) is 0 Å². The molecule has 0 aliphatic carbocycles. The normalized spacial score (nSPS) is 13.1. The van der Waals surface area contributed by atoms with Crippen molar-refractivity contribution in [1.82, 2.24) is 0 Å². The molecule has 1 aromatic rings. The summed E-state index contributed by atoms with van der Waals surface area (Å²) in [7, 11) is 0. The Bertz CT molecular complexity index is 335. The molecule has 0 amide bonds. The summed E-state index contributed by atoms with van der Waals surface area (Å²) in [5.74, 6) is 0.0257. The summed E-state index contributed by atoms with van der Waals surface area (Å²) in [4.78, 5) is 10.4. The van der Waals surface area contributed by atoms with Crippen molar-refractivity contribution in [2.45, 2.75) is 0 Å². The van der Waals surface area contributed by atoms with Crippen LogP contribution in [0.5, 0.6) is 11.5 Å². The highest BCUT2D eigenvalue weighted by Gasteiger charge is 2.20. The van der Waals surface area contributed by atoms with E-state index in [0.717, 1.165) is 0 Å². The van der Waals surface area contributed by atoms with E-state index in [-0.39, 0.29) is 18.1 Å². The molecule has 0 N–H and O–H groups in total. The van der Waals surface area contributed by atoms with Gasteiger partial charge < -0.3 is 9.47 Å². The van der Waals surface area contributed by atoms with Gasteiger partial charge in [0, 0.05) is 0 Å². The molecule has 0 radical (unpaired) electrons. The van der Waals surface area contributed by atoms with Gasteiger partial charge in [-0.15, -0.1) is 0 Å². The van der Waals surface area contributed by atoms with Crippen molar-refractivity contribution in [3.05, 3.63) is 23.5 Å². The Morgan fingerprint density at radius 2 is 2.25 bits per heavy atom. The largest absolute Gasteiger partial charge is 0.454 e. The molecule has 0 spiro atoms. The average Bonchev–Trinajstić information content (AvgIpc) is 2.52. The van der Waals surface area contributed by atoms with Gasteiger partial charge in [-0.3, -0.25) is 4.79 Å². The highest BCUT2D eigenvalue weighted by molar-refractivity contribution is 5.81. The first kappa shape index (κ1) is 7.09. The van der Waals surface area contributed by atoms with E-state index in [1.54, 1.807) is 0 Å². The van der Waals surface area contributed by atoms with Crippen molar-refractivity contribution in [3.8, 4) is 11.5 Å². The lowest BCUT2D eigenvalue weighted by atomic mass is 10.2. The molecule has 0 saturated heterocycles. The summed E-state index contributed by atoms with van der Waals surface area (Å²) in [6, 6.07) is 2.61. The third kappa shape index (κ3) is 0.845. The van der Waals surface area contributed by atoms with Crippen LogP contribution >= 0.6 is 0 Å². The zero-order valence-electron chi connectivity index (χ0n) is 6.04. The molecule has 0 atom stereocenters. The summed E-state index contributed by atoms with van der Waals surface area (Å²) >= 11 is 0. The maximum Gasteiger partial charge on any atom is 0.231 e. The fraction of sp³-hybridized carbons (Fsp3) is 0.125. The summed E-state index contributed by atoms with van der Waals surface area (Å²) in [5, 5.41) is 0. The van der Waals surface area contributed by atoms with Crippen molar-refractivity contribution in [3.63, 3.8) is 0 Å². The van der Waals surface area contributed by atoms with E-state index < -0.39 is 5.82 Å². The van der Waals surface area contributed by atoms with Gasteiger partial charge in [-0.2, -0.15) is 0 Å². The number of carbonyl (C=O) groups excluding carboxylic acids is 1. The van der Waals surface area contributed by atoms with Crippen LogP contribution in [-0.2, 0) is 0 Å². The van der Waals surface area contributed by atoms with Gasteiger partial charge in [-0.05, 0) is 12.1 Å². The van der Waals surface area contributed by atoms with Crippen molar-refractivity contribution >= 4 is 6.29 Å². The third-order valence-corrected chi connectivity index (χ3v) is 1.64. The predicted molar refractivity (Wildman–Crippen MR) is 37.9 cm³/mol. The Kier molecular flexibility index (Phi) is 1.46. The Morgan fingerprint density at radius 1 is 1.42 bits per heavy atom. The van der Waals surface area contributed by atoms with Gasteiger partial charge in [0.05, 0.1) is 5.56 Å². The Labute approximate surface area is 67.7 Å². The van der Waals surface area contributed by atoms with Crippen LogP contribution in [0.4, 0.5) is 4.39 Å². The van der Waals surface area contributed by atoms with E-state index in [1.807, 2.05) is 0 Å². The van der Waals surface area contributed by atoms with Crippen LogP contribution in [0, 0.1) is 5.82 Å². The molecule has 2 rings (SSSR count).